The van der Waals surface area contributed by atoms with Crippen LogP contribution < -0.4 is 20.8 Å². The van der Waals surface area contributed by atoms with Crippen LogP contribution in [-0.4, -0.2) is 24.2 Å². The zero-order valence-corrected chi connectivity index (χ0v) is 19.6. The summed E-state index contributed by atoms with van der Waals surface area (Å²) in [6.45, 7) is 1.90. The number of halogens is 4. The Bertz CT molecular complexity index is 1270. The van der Waals surface area contributed by atoms with E-state index in [-0.39, 0.29) is 23.0 Å². The number of hydrogen-bond acceptors (Lipinski definition) is 4. The van der Waals surface area contributed by atoms with Crippen molar-refractivity contribution in [3.8, 4) is 11.5 Å². The molecule has 1 aliphatic rings. The first kappa shape index (κ1) is 24.4. The fourth-order valence-corrected chi connectivity index (χ4v) is 5.27. The van der Waals surface area contributed by atoms with Gasteiger partial charge in [-0.3, -0.25) is 4.79 Å². The number of ether oxygens (including phenoxy) is 2. The predicted molar refractivity (Wildman–Crippen MR) is 125 cm³/mol. The van der Waals surface area contributed by atoms with Crippen LogP contribution in [0.2, 0.25) is 5.02 Å². The van der Waals surface area contributed by atoms with Crippen LogP contribution in [-0.2, 0) is 5.41 Å². The van der Waals surface area contributed by atoms with E-state index in [4.69, 9.17) is 26.8 Å². The second-order valence-corrected chi connectivity index (χ2v) is 9.14. The summed E-state index contributed by atoms with van der Waals surface area (Å²) in [5.41, 5.74) is 5.67. The highest BCUT2D eigenvalue weighted by Crippen LogP contribution is 2.48. The van der Waals surface area contributed by atoms with Gasteiger partial charge in [-0.2, -0.15) is 4.39 Å². The lowest BCUT2D eigenvalue weighted by Crippen LogP contribution is -2.49. The summed E-state index contributed by atoms with van der Waals surface area (Å²) in [4.78, 5) is 14.6. The molecule has 0 aliphatic heterocycles. The number of fused-ring (bicyclic) bond motifs is 1. The number of pyridine rings is 1. The molecule has 0 bridgehead atoms. The maximum absolute atomic E-state index is 14.5. The van der Waals surface area contributed by atoms with E-state index in [0.29, 0.717) is 53.6 Å². The molecule has 1 aliphatic carbocycles. The highest BCUT2D eigenvalue weighted by atomic mass is 35.5. The molecule has 1 unspecified atom stereocenters. The van der Waals surface area contributed by atoms with Gasteiger partial charge in [0, 0.05) is 28.6 Å². The van der Waals surface area contributed by atoms with E-state index in [9.17, 15) is 18.0 Å². The van der Waals surface area contributed by atoms with E-state index in [1.165, 1.54) is 7.11 Å². The molecule has 1 atom stereocenters. The van der Waals surface area contributed by atoms with Crippen LogP contribution in [0.25, 0.3) is 10.8 Å². The monoisotopic (exact) mass is 494 g/mol. The van der Waals surface area contributed by atoms with Crippen molar-refractivity contribution in [1.82, 2.24) is 4.98 Å². The van der Waals surface area contributed by atoms with Crippen molar-refractivity contribution < 1.29 is 22.6 Å². The third kappa shape index (κ3) is 4.14. The largest absolute Gasteiger partial charge is 0.493 e. The van der Waals surface area contributed by atoms with Crippen molar-refractivity contribution in [2.24, 2.45) is 5.73 Å². The number of benzene rings is 2. The zero-order valence-electron chi connectivity index (χ0n) is 18.9. The van der Waals surface area contributed by atoms with Crippen LogP contribution >= 0.6 is 11.6 Å². The number of aromatic amines is 1. The summed E-state index contributed by atoms with van der Waals surface area (Å²) >= 11 is 6.38. The van der Waals surface area contributed by atoms with E-state index in [2.05, 4.69) is 4.98 Å². The topological polar surface area (TPSA) is 77.3 Å². The lowest BCUT2D eigenvalue weighted by atomic mass is 9.63. The van der Waals surface area contributed by atoms with E-state index >= 15 is 0 Å². The minimum absolute atomic E-state index is 0.227. The van der Waals surface area contributed by atoms with Crippen LogP contribution in [0.5, 0.6) is 11.5 Å². The molecule has 34 heavy (non-hydrogen) atoms. The summed E-state index contributed by atoms with van der Waals surface area (Å²) in [5, 5.41) is 1.47. The molecule has 0 spiro atoms. The Balaban J connectivity index is 1.63. The third-order valence-electron chi connectivity index (χ3n) is 6.95. The second kappa shape index (κ2) is 9.50. The molecular weight excluding hydrogens is 469 g/mol. The fourth-order valence-electron chi connectivity index (χ4n) is 5.06. The van der Waals surface area contributed by atoms with Gasteiger partial charge in [-0.1, -0.05) is 18.5 Å². The van der Waals surface area contributed by atoms with Crippen LogP contribution in [0, 0.1) is 17.5 Å². The molecule has 1 heterocycles. The van der Waals surface area contributed by atoms with Gasteiger partial charge in [0.25, 0.3) is 5.56 Å². The van der Waals surface area contributed by atoms with Gasteiger partial charge >= 0.3 is 0 Å². The van der Waals surface area contributed by atoms with Crippen LogP contribution in [0.1, 0.15) is 44.6 Å². The molecule has 1 fully saturated rings. The Labute approximate surface area is 200 Å². The molecule has 9 heteroatoms. The third-order valence-corrected chi connectivity index (χ3v) is 7.25. The first-order valence-corrected chi connectivity index (χ1v) is 11.5. The van der Waals surface area contributed by atoms with Crippen LogP contribution in [0.3, 0.4) is 0 Å². The number of hydrogen-bond donors (Lipinski definition) is 2. The van der Waals surface area contributed by atoms with E-state index < -0.39 is 28.9 Å². The number of rotatable bonds is 6. The minimum atomic E-state index is -1.57. The summed E-state index contributed by atoms with van der Waals surface area (Å²) in [6, 6.07) is 5.63. The van der Waals surface area contributed by atoms with Crippen LogP contribution in [0.4, 0.5) is 13.2 Å². The van der Waals surface area contributed by atoms with Crippen molar-refractivity contribution in [2.75, 3.05) is 7.11 Å². The van der Waals surface area contributed by atoms with Gasteiger partial charge in [-0.25, -0.2) is 8.78 Å². The van der Waals surface area contributed by atoms with E-state index in [1.54, 1.807) is 24.4 Å². The Morgan fingerprint density at radius 3 is 2.56 bits per heavy atom. The zero-order chi connectivity index (χ0) is 24.6. The number of methoxy groups -OCH3 is 1. The molecule has 3 aromatic rings. The SMILES string of the molecule is CCC(N)C1(c2cc(F)c(F)c(F)c2OC)CCC(Oc2cc3cc[nH]c(=O)c3cc2Cl)CC1. The summed E-state index contributed by atoms with van der Waals surface area (Å²) < 4.78 is 54.0. The highest BCUT2D eigenvalue weighted by Gasteiger charge is 2.45. The Kier molecular flexibility index (Phi) is 6.82. The molecule has 0 saturated heterocycles. The molecule has 5 nitrogen and oxygen atoms in total. The number of nitrogens with two attached hydrogens (primary N) is 1. The van der Waals surface area contributed by atoms with E-state index in [1.807, 2.05) is 6.92 Å². The molecule has 4 rings (SSSR count). The Morgan fingerprint density at radius 2 is 1.91 bits per heavy atom. The maximum Gasteiger partial charge on any atom is 0.255 e. The van der Waals surface area contributed by atoms with Gasteiger partial charge in [0.2, 0.25) is 5.82 Å². The minimum Gasteiger partial charge on any atom is -0.493 e. The summed E-state index contributed by atoms with van der Waals surface area (Å²) in [6.07, 6.45) is 3.85. The highest BCUT2D eigenvalue weighted by molar-refractivity contribution is 6.32. The first-order valence-electron chi connectivity index (χ1n) is 11.2. The number of nitrogens with one attached hydrogen (secondary N) is 1. The molecule has 1 saturated carbocycles. The predicted octanol–water partition coefficient (Wildman–Crippen LogP) is 5.60. The fraction of sp³-hybridized carbons (Fsp3) is 0.400. The van der Waals surface area contributed by atoms with E-state index in [0.717, 1.165) is 6.07 Å². The van der Waals surface area contributed by atoms with Gasteiger partial charge in [-0.05, 0) is 61.8 Å². The quantitative estimate of drug-likeness (QED) is 0.437. The molecule has 182 valence electrons. The van der Waals surface area contributed by atoms with Crippen molar-refractivity contribution in [1.29, 1.82) is 0 Å². The Morgan fingerprint density at radius 1 is 1.21 bits per heavy atom. The summed E-state index contributed by atoms with van der Waals surface area (Å²) in [5.74, 6) is -4.05. The average Bonchev–Trinajstić information content (AvgIpc) is 2.83. The Hall–Kier alpha value is -2.71. The van der Waals surface area contributed by atoms with Gasteiger partial charge < -0.3 is 20.2 Å². The van der Waals surface area contributed by atoms with Crippen molar-refractivity contribution >= 4 is 22.4 Å². The normalized spacial score (nSPS) is 21.4. The first-order chi connectivity index (χ1) is 16.2. The smallest absolute Gasteiger partial charge is 0.255 e. The molecule has 0 radical (unpaired) electrons. The van der Waals surface area contributed by atoms with Gasteiger partial charge in [-0.15, -0.1) is 0 Å². The van der Waals surface area contributed by atoms with Crippen LogP contribution in [0.15, 0.2) is 35.3 Å². The van der Waals surface area contributed by atoms with Crippen molar-refractivity contribution in [3.05, 3.63) is 68.9 Å². The van der Waals surface area contributed by atoms with Gasteiger partial charge in [0.05, 0.1) is 18.2 Å². The second-order valence-electron chi connectivity index (χ2n) is 8.73. The summed E-state index contributed by atoms with van der Waals surface area (Å²) in [7, 11) is 1.23. The van der Waals surface area contributed by atoms with Crippen molar-refractivity contribution in [3.63, 3.8) is 0 Å². The lowest BCUT2D eigenvalue weighted by Gasteiger charge is -2.45. The molecule has 2 aromatic carbocycles. The number of aromatic nitrogens is 1. The average molecular weight is 495 g/mol. The molecular formula is C25H26ClF3N2O3. The maximum atomic E-state index is 14.5. The number of H-pyrrole nitrogens is 1. The van der Waals surface area contributed by atoms with Gasteiger partial charge in [0.1, 0.15) is 5.75 Å². The lowest BCUT2D eigenvalue weighted by molar-refractivity contribution is 0.102. The van der Waals surface area contributed by atoms with Crippen molar-refractivity contribution in [2.45, 2.75) is 56.6 Å². The molecule has 1 aromatic heterocycles. The standard InChI is InChI=1S/C25H26ClF3N2O3/c1-3-20(30)25(16-12-18(27)21(28)22(29)23(16)33-2)7-4-14(5-8-25)34-19-10-13-6-9-31-24(32)15(13)11-17(19)26/h6,9-12,14,20H,3-5,7-8,30H2,1-2H3,(H,31,32). The van der Waals surface area contributed by atoms with Gasteiger partial charge in [0.15, 0.2) is 17.4 Å². The molecule has 3 N–H and O–H groups in total. The molecule has 0 amide bonds.